The van der Waals surface area contributed by atoms with Gasteiger partial charge in [0, 0.05) is 42.0 Å². The van der Waals surface area contributed by atoms with Gasteiger partial charge in [0.05, 0.1) is 0 Å². The van der Waals surface area contributed by atoms with E-state index in [4.69, 9.17) is 23.2 Å². The molecule has 4 nitrogen and oxygen atoms in total. The molecule has 1 heterocycles. The van der Waals surface area contributed by atoms with Gasteiger partial charge in [-0.25, -0.2) is 0 Å². The smallest absolute Gasteiger partial charge is 0.223 e. The molecule has 1 aliphatic rings. The van der Waals surface area contributed by atoms with Gasteiger partial charge in [-0.1, -0.05) is 59.6 Å². The number of carbonyl (C=O) groups is 2. The highest BCUT2D eigenvalue weighted by Crippen LogP contribution is 2.23. The van der Waals surface area contributed by atoms with E-state index in [1.54, 1.807) is 12.1 Å². The molecule has 1 saturated heterocycles. The molecule has 0 aromatic heterocycles. The first-order valence-corrected chi connectivity index (χ1v) is 10.3. The molecule has 1 aliphatic heterocycles. The van der Waals surface area contributed by atoms with Crippen LogP contribution in [0.25, 0.3) is 0 Å². The molecule has 0 spiro atoms. The summed E-state index contributed by atoms with van der Waals surface area (Å²) in [4.78, 5) is 26.7. The Bertz CT molecular complexity index is 819. The average molecular weight is 419 g/mol. The van der Waals surface area contributed by atoms with Gasteiger partial charge in [-0.2, -0.15) is 0 Å². The van der Waals surface area contributed by atoms with Crippen LogP contribution in [0.15, 0.2) is 48.5 Å². The largest absolute Gasteiger partial charge is 0.352 e. The number of likely N-dealkylation sites (tertiary alicyclic amines) is 1. The zero-order chi connectivity index (χ0) is 19.9. The van der Waals surface area contributed by atoms with Crippen molar-refractivity contribution in [3.8, 4) is 0 Å². The van der Waals surface area contributed by atoms with Crippen LogP contribution in [0, 0.1) is 5.92 Å². The van der Waals surface area contributed by atoms with Crippen molar-refractivity contribution in [2.45, 2.75) is 32.2 Å². The molecule has 0 radical (unpaired) electrons. The Kier molecular flexibility index (Phi) is 7.35. The van der Waals surface area contributed by atoms with Gasteiger partial charge in [0.2, 0.25) is 11.8 Å². The highest BCUT2D eigenvalue weighted by molar-refractivity contribution is 6.35. The van der Waals surface area contributed by atoms with E-state index in [1.165, 1.54) is 0 Å². The van der Waals surface area contributed by atoms with E-state index >= 15 is 0 Å². The molecule has 0 atom stereocenters. The average Bonchev–Trinajstić information content (AvgIpc) is 2.72. The van der Waals surface area contributed by atoms with Gasteiger partial charge in [-0.05, 0) is 42.5 Å². The SMILES string of the molecule is O=C(NCc1ccccc1)C1CCN(C(=O)CCc2ccc(Cl)cc2Cl)CC1. The highest BCUT2D eigenvalue weighted by atomic mass is 35.5. The number of aryl methyl sites for hydroxylation is 1. The first-order valence-electron chi connectivity index (χ1n) is 9.56. The van der Waals surface area contributed by atoms with Crippen LogP contribution in [0.3, 0.4) is 0 Å². The summed E-state index contributed by atoms with van der Waals surface area (Å²) >= 11 is 12.1. The van der Waals surface area contributed by atoms with Crippen molar-refractivity contribution in [3.05, 3.63) is 69.7 Å². The summed E-state index contributed by atoms with van der Waals surface area (Å²) in [7, 11) is 0. The predicted octanol–water partition coefficient (Wildman–Crippen LogP) is 4.48. The normalized spacial score (nSPS) is 14.7. The topological polar surface area (TPSA) is 49.4 Å². The van der Waals surface area contributed by atoms with Crippen LogP contribution in [0.5, 0.6) is 0 Å². The maximum absolute atomic E-state index is 12.5. The zero-order valence-corrected chi connectivity index (χ0v) is 17.2. The molecule has 0 bridgehead atoms. The lowest BCUT2D eigenvalue weighted by Gasteiger charge is -2.31. The maximum Gasteiger partial charge on any atom is 0.223 e. The van der Waals surface area contributed by atoms with Gasteiger partial charge in [-0.3, -0.25) is 9.59 Å². The standard InChI is InChI=1S/C22H24Cl2N2O2/c23-19-8-6-17(20(24)14-19)7-9-21(27)26-12-10-18(11-13-26)22(28)25-15-16-4-2-1-3-5-16/h1-6,8,14,18H,7,9-13,15H2,(H,25,28). The van der Waals surface area contributed by atoms with Crippen molar-refractivity contribution in [1.82, 2.24) is 10.2 Å². The summed E-state index contributed by atoms with van der Waals surface area (Å²) in [6.07, 6.45) is 2.40. The fourth-order valence-electron chi connectivity index (χ4n) is 3.44. The predicted molar refractivity (Wildman–Crippen MR) is 112 cm³/mol. The van der Waals surface area contributed by atoms with Crippen LogP contribution in [0.4, 0.5) is 0 Å². The minimum atomic E-state index is -0.0292. The number of hydrogen-bond donors (Lipinski definition) is 1. The number of hydrogen-bond acceptors (Lipinski definition) is 2. The lowest BCUT2D eigenvalue weighted by Crippen LogP contribution is -2.43. The second kappa shape index (κ2) is 9.94. The molecule has 148 valence electrons. The van der Waals surface area contributed by atoms with E-state index in [-0.39, 0.29) is 17.7 Å². The van der Waals surface area contributed by atoms with Crippen molar-refractivity contribution in [2.24, 2.45) is 5.92 Å². The number of rotatable bonds is 6. The molecule has 0 saturated carbocycles. The number of halogens is 2. The third-order valence-electron chi connectivity index (χ3n) is 5.15. The molecule has 1 fully saturated rings. The number of benzene rings is 2. The van der Waals surface area contributed by atoms with E-state index < -0.39 is 0 Å². The Balaban J connectivity index is 1.41. The van der Waals surface area contributed by atoms with E-state index in [2.05, 4.69) is 5.32 Å². The molecule has 2 aromatic rings. The fourth-order valence-corrected chi connectivity index (χ4v) is 3.95. The van der Waals surface area contributed by atoms with Crippen LogP contribution in [-0.4, -0.2) is 29.8 Å². The summed E-state index contributed by atoms with van der Waals surface area (Å²) in [6, 6.07) is 15.2. The first kappa shape index (κ1) is 20.7. The van der Waals surface area contributed by atoms with Crippen molar-refractivity contribution in [3.63, 3.8) is 0 Å². The Labute approximate surface area is 175 Å². The third-order valence-corrected chi connectivity index (χ3v) is 5.74. The second-order valence-electron chi connectivity index (χ2n) is 7.09. The summed E-state index contributed by atoms with van der Waals surface area (Å²) in [5, 5.41) is 4.18. The van der Waals surface area contributed by atoms with Gasteiger partial charge in [0.25, 0.3) is 0 Å². The van der Waals surface area contributed by atoms with Crippen molar-refractivity contribution >= 4 is 35.0 Å². The number of nitrogens with one attached hydrogen (secondary N) is 1. The van der Waals surface area contributed by atoms with Crippen LogP contribution in [0.2, 0.25) is 10.0 Å². The Morgan fingerprint density at radius 1 is 1.04 bits per heavy atom. The molecule has 0 aliphatic carbocycles. The lowest BCUT2D eigenvalue weighted by molar-refractivity contribution is -0.135. The second-order valence-corrected chi connectivity index (χ2v) is 7.94. The summed E-state index contributed by atoms with van der Waals surface area (Å²) < 4.78 is 0. The number of piperidine rings is 1. The third kappa shape index (κ3) is 5.73. The summed E-state index contributed by atoms with van der Waals surface area (Å²) in [5.74, 6) is 0.150. The van der Waals surface area contributed by atoms with E-state index in [0.717, 1.165) is 11.1 Å². The molecule has 6 heteroatoms. The molecule has 28 heavy (non-hydrogen) atoms. The van der Waals surface area contributed by atoms with E-state index in [9.17, 15) is 9.59 Å². The quantitative estimate of drug-likeness (QED) is 0.751. The van der Waals surface area contributed by atoms with Gasteiger partial charge >= 0.3 is 0 Å². The monoisotopic (exact) mass is 418 g/mol. The fraction of sp³-hybridized carbons (Fsp3) is 0.364. The molecular formula is C22H24Cl2N2O2. The number of nitrogens with zero attached hydrogens (tertiary/aromatic N) is 1. The lowest BCUT2D eigenvalue weighted by atomic mass is 9.95. The Morgan fingerprint density at radius 3 is 2.43 bits per heavy atom. The zero-order valence-electron chi connectivity index (χ0n) is 15.7. The van der Waals surface area contributed by atoms with Gasteiger partial charge in [-0.15, -0.1) is 0 Å². The summed E-state index contributed by atoms with van der Waals surface area (Å²) in [6.45, 7) is 1.79. The van der Waals surface area contributed by atoms with Crippen LogP contribution in [0.1, 0.15) is 30.4 Å². The van der Waals surface area contributed by atoms with Crippen LogP contribution < -0.4 is 5.32 Å². The van der Waals surface area contributed by atoms with Crippen molar-refractivity contribution < 1.29 is 9.59 Å². The first-order chi connectivity index (χ1) is 13.5. The van der Waals surface area contributed by atoms with Crippen LogP contribution >= 0.6 is 23.2 Å². The number of amides is 2. The van der Waals surface area contributed by atoms with Gasteiger partial charge in [0.1, 0.15) is 0 Å². The Morgan fingerprint density at radius 2 is 1.75 bits per heavy atom. The van der Waals surface area contributed by atoms with Crippen molar-refractivity contribution in [2.75, 3.05) is 13.1 Å². The van der Waals surface area contributed by atoms with E-state index in [0.29, 0.717) is 55.4 Å². The number of carbonyl (C=O) groups excluding carboxylic acids is 2. The highest BCUT2D eigenvalue weighted by Gasteiger charge is 2.27. The molecule has 2 amide bonds. The maximum atomic E-state index is 12.5. The van der Waals surface area contributed by atoms with Gasteiger partial charge in [0.15, 0.2) is 0 Å². The Hall–Kier alpha value is -2.04. The molecule has 3 rings (SSSR count). The molecular weight excluding hydrogens is 395 g/mol. The van der Waals surface area contributed by atoms with E-state index in [1.807, 2.05) is 41.3 Å². The minimum absolute atomic E-state index is 0.0292. The molecule has 2 aromatic carbocycles. The molecule has 0 unspecified atom stereocenters. The summed E-state index contributed by atoms with van der Waals surface area (Å²) in [5.41, 5.74) is 2.01. The minimum Gasteiger partial charge on any atom is -0.352 e. The van der Waals surface area contributed by atoms with Crippen LogP contribution in [-0.2, 0) is 22.6 Å². The van der Waals surface area contributed by atoms with Crippen molar-refractivity contribution in [1.29, 1.82) is 0 Å². The van der Waals surface area contributed by atoms with Gasteiger partial charge < -0.3 is 10.2 Å². The molecule has 1 N–H and O–H groups in total.